The first kappa shape index (κ1) is 6.66. The average molecular weight is 138 g/mol. The van der Waals surface area contributed by atoms with Crippen LogP contribution in [0, 0.1) is 11.8 Å². The Morgan fingerprint density at radius 3 is 2.50 bits per heavy atom. The Bertz CT molecular complexity index is 119. The lowest BCUT2D eigenvalue weighted by atomic mass is 9.63. The predicted octanol–water partition coefficient (Wildman–Crippen LogP) is 1.70. The lowest BCUT2D eigenvalue weighted by Gasteiger charge is -2.56. The molecular formula is C9H16N. The van der Waals surface area contributed by atoms with Crippen LogP contribution in [0.1, 0.15) is 26.2 Å². The highest BCUT2D eigenvalue weighted by Crippen LogP contribution is 2.47. The first-order chi connectivity index (χ1) is 4.85. The van der Waals surface area contributed by atoms with E-state index >= 15 is 0 Å². The van der Waals surface area contributed by atoms with Crippen LogP contribution in [0.15, 0.2) is 0 Å². The molecule has 2 aliphatic rings. The van der Waals surface area contributed by atoms with E-state index < -0.39 is 0 Å². The van der Waals surface area contributed by atoms with E-state index in [0.29, 0.717) is 0 Å². The summed E-state index contributed by atoms with van der Waals surface area (Å²) in [6.07, 6.45) is 6.53. The average Bonchev–Trinajstić information content (AvgIpc) is 1.72. The van der Waals surface area contributed by atoms with Crippen LogP contribution < -0.4 is 0 Å². The second-order valence-electron chi connectivity index (χ2n) is 3.91. The molecule has 0 aromatic carbocycles. The number of nitrogens with zero attached hydrogens (tertiary/aromatic N) is 1. The van der Waals surface area contributed by atoms with Crippen LogP contribution in [0.3, 0.4) is 0 Å². The van der Waals surface area contributed by atoms with Crippen LogP contribution in [-0.4, -0.2) is 24.5 Å². The molecule has 0 bridgehead atoms. The zero-order valence-electron chi connectivity index (χ0n) is 6.77. The van der Waals surface area contributed by atoms with Crippen LogP contribution in [0.2, 0.25) is 0 Å². The second kappa shape index (κ2) is 2.23. The lowest BCUT2D eigenvalue weighted by molar-refractivity contribution is -0.0324. The van der Waals surface area contributed by atoms with Gasteiger partial charge in [0.1, 0.15) is 0 Å². The first-order valence-electron chi connectivity index (χ1n) is 4.39. The Labute approximate surface area is 63.4 Å². The van der Waals surface area contributed by atoms with Crippen molar-refractivity contribution in [3.8, 4) is 0 Å². The SMILES string of the molecule is CCCN1CC2(C[CH]C2)C1. The van der Waals surface area contributed by atoms with Crippen molar-refractivity contribution in [2.45, 2.75) is 26.2 Å². The Morgan fingerprint density at radius 1 is 1.40 bits per heavy atom. The van der Waals surface area contributed by atoms with Gasteiger partial charge in [-0.15, -0.1) is 0 Å². The summed E-state index contributed by atoms with van der Waals surface area (Å²) >= 11 is 0. The van der Waals surface area contributed by atoms with E-state index in [1.54, 1.807) is 0 Å². The van der Waals surface area contributed by atoms with Gasteiger partial charge in [0.2, 0.25) is 0 Å². The van der Waals surface area contributed by atoms with Crippen LogP contribution in [0.25, 0.3) is 0 Å². The minimum atomic E-state index is 0.787. The summed E-state index contributed by atoms with van der Waals surface area (Å²) in [5.41, 5.74) is 0.787. The largest absolute Gasteiger partial charge is 0.302 e. The summed E-state index contributed by atoms with van der Waals surface area (Å²) in [5.74, 6) is 0. The summed E-state index contributed by atoms with van der Waals surface area (Å²) in [6, 6.07) is 0. The molecular weight excluding hydrogens is 122 g/mol. The second-order valence-corrected chi connectivity index (χ2v) is 3.91. The standard InChI is InChI=1S/C9H16N/c1-2-6-10-7-9(8-10)4-3-5-9/h3H,2,4-8H2,1H3. The summed E-state index contributed by atoms with van der Waals surface area (Å²) in [4.78, 5) is 2.58. The third-order valence-electron chi connectivity index (χ3n) is 2.81. The summed E-state index contributed by atoms with van der Waals surface area (Å²) in [6.45, 7) is 6.36. The number of hydrogen-bond acceptors (Lipinski definition) is 1. The maximum absolute atomic E-state index is 2.58. The fourth-order valence-electron chi connectivity index (χ4n) is 2.19. The molecule has 0 N–H and O–H groups in total. The van der Waals surface area contributed by atoms with Crippen LogP contribution in [0.5, 0.6) is 0 Å². The quantitative estimate of drug-likeness (QED) is 0.561. The normalized spacial score (nSPS) is 29.7. The Balaban J connectivity index is 1.72. The van der Waals surface area contributed by atoms with Gasteiger partial charge in [0.25, 0.3) is 0 Å². The molecule has 1 spiro atoms. The van der Waals surface area contributed by atoms with Gasteiger partial charge < -0.3 is 4.90 Å². The zero-order valence-corrected chi connectivity index (χ0v) is 6.77. The molecule has 10 heavy (non-hydrogen) atoms. The molecule has 1 nitrogen and oxygen atoms in total. The molecule has 1 heteroatoms. The van der Waals surface area contributed by atoms with E-state index in [4.69, 9.17) is 0 Å². The van der Waals surface area contributed by atoms with Crippen molar-refractivity contribution >= 4 is 0 Å². The van der Waals surface area contributed by atoms with Gasteiger partial charge in [-0.1, -0.05) is 6.92 Å². The first-order valence-corrected chi connectivity index (χ1v) is 4.39. The van der Waals surface area contributed by atoms with Gasteiger partial charge in [-0.25, -0.2) is 0 Å². The summed E-state index contributed by atoms with van der Waals surface area (Å²) < 4.78 is 0. The van der Waals surface area contributed by atoms with Crippen molar-refractivity contribution < 1.29 is 0 Å². The molecule has 0 aromatic rings. The summed E-state index contributed by atoms with van der Waals surface area (Å²) in [5, 5.41) is 0. The van der Waals surface area contributed by atoms with E-state index in [9.17, 15) is 0 Å². The Morgan fingerprint density at radius 2 is 2.10 bits per heavy atom. The van der Waals surface area contributed by atoms with Gasteiger partial charge in [-0.05, 0) is 37.6 Å². The maximum Gasteiger partial charge on any atom is 0.00507 e. The van der Waals surface area contributed by atoms with Crippen molar-refractivity contribution in [2.24, 2.45) is 5.41 Å². The molecule has 1 saturated heterocycles. The number of likely N-dealkylation sites (tertiary alicyclic amines) is 1. The monoisotopic (exact) mass is 138 g/mol. The third-order valence-corrected chi connectivity index (χ3v) is 2.81. The molecule has 1 saturated carbocycles. The number of rotatable bonds is 2. The van der Waals surface area contributed by atoms with Crippen LogP contribution in [0.4, 0.5) is 0 Å². The van der Waals surface area contributed by atoms with Gasteiger partial charge in [0.05, 0.1) is 0 Å². The van der Waals surface area contributed by atoms with Gasteiger partial charge in [-0.2, -0.15) is 0 Å². The van der Waals surface area contributed by atoms with Gasteiger partial charge >= 0.3 is 0 Å². The van der Waals surface area contributed by atoms with Crippen molar-refractivity contribution in [1.29, 1.82) is 0 Å². The smallest absolute Gasteiger partial charge is 0.00507 e. The molecule has 57 valence electrons. The fourth-order valence-corrected chi connectivity index (χ4v) is 2.19. The van der Waals surface area contributed by atoms with E-state index in [1.165, 1.54) is 38.9 Å². The van der Waals surface area contributed by atoms with Crippen LogP contribution in [-0.2, 0) is 0 Å². The summed E-state index contributed by atoms with van der Waals surface area (Å²) in [7, 11) is 0. The highest BCUT2D eigenvalue weighted by molar-refractivity contribution is 5.07. The third kappa shape index (κ3) is 0.878. The molecule has 0 aromatic heterocycles. The molecule has 2 rings (SSSR count). The van der Waals surface area contributed by atoms with Crippen molar-refractivity contribution in [3.05, 3.63) is 6.42 Å². The van der Waals surface area contributed by atoms with Gasteiger partial charge in [-0.3, -0.25) is 0 Å². The number of hydrogen-bond donors (Lipinski definition) is 0. The van der Waals surface area contributed by atoms with Crippen molar-refractivity contribution in [2.75, 3.05) is 19.6 Å². The van der Waals surface area contributed by atoms with E-state index in [0.717, 1.165) is 5.41 Å². The zero-order chi connectivity index (χ0) is 7.03. The predicted molar refractivity (Wildman–Crippen MR) is 42.7 cm³/mol. The molecule has 1 aliphatic heterocycles. The Hall–Kier alpha value is -0.0400. The highest BCUT2D eigenvalue weighted by atomic mass is 15.2. The molecule has 0 unspecified atom stereocenters. The molecule has 1 aliphatic carbocycles. The lowest BCUT2D eigenvalue weighted by Crippen LogP contribution is -2.59. The Kier molecular flexibility index (Phi) is 1.48. The fraction of sp³-hybridized carbons (Fsp3) is 0.889. The molecule has 1 radical (unpaired) electrons. The molecule has 1 heterocycles. The van der Waals surface area contributed by atoms with Crippen molar-refractivity contribution in [1.82, 2.24) is 4.90 Å². The highest BCUT2D eigenvalue weighted by Gasteiger charge is 2.46. The van der Waals surface area contributed by atoms with Crippen molar-refractivity contribution in [3.63, 3.8) is 0 Å². The molecule has 2 fully saturated rings. The topological polar surface area (TPSA) is 3.24 Å². The molecule has 0 atom stereocenters. The van der Waals surface area contributed by atoms with Gasteiger partial charge in [0.15, 0.2) is 0 Å². The maximum atomic E-state index is 2.58. The van der Waals surface area contributed by atoms with Crippen LogP contribution >= 0.6 is 0 Å². The van der Waals surface area contributed by atoms with E-state index in [-0.39, 0.29) is 0 Å². The van der Waals surface area contributed by atoms with Gasteiger partial charge in [0, 0.05) is 13.1 Å². The van der Waals surface area contributed by atoms with E-state index in [2.05, 4.69) is 18.2 Å². The minimum absolute atomic E-state index is 0.787. The minimum Gasteiger partial charge on any atom is -0.302 e. The molecule has 0 amide bonds. The van der Waals surface area contributed by atoms with E-state index in [1.807, 2.05) is 0 Å².